The van der Waals surface area contributed by atoms with E-state index >= 15 is 0 Å². The predicted octanol–water partition coefficient (Wildman–Crippen LogP) is 4.16. The summed E-state index contributed by atoms with van der Waals surface area (Å²) in [6.07, 6.45) is 6.76. The van der Waals surface area contributed by atoms with E-state index in [0.29, 0.717) is 0 Å². The Kier molecular flexibility index (Phi) is 3.50. The third kappa shape index (κ3) is 2.38. The summed E-state index contributed by atoms with van der Waals surface area (Å²) in [7, 11) is 0. The summed E-state index contributed by atoms with van der Waals surface area (Å²) in [5.74, 6) is 0. The van der Waals surface area contributed by atoms with E-state index < -0.39 is 5.60 Å². The molecule has 1 aliphatic carbocycles. The molecule has 0 heterocycles. The summed E-state index contributed by atoms with van der Waals surface area (Å²) >= 11 is 3.41. The van der Waals surface area contributed by atoms with E-state index in [4.69, 9.17) is 0 Å². The highest BCUT2D eigenvalue weighted by molar-refractivity contribution is 9.10. The van der Waals surface area contributed by atoms with Crippen LogP contribution in [0.25, 0.3) is 0 Å². The van der Waals surface area contributed by atoms with Crippen LogP contribution in [0.15, 0.2) is 40.4 Å². The third-order valence-corrected chi connectivity index (χ3v) is 3.85. The van der Waals surface area contributed by atoms with Crippen LogP contribution in [0.1, 0.15) is 38.2 Å². The number of hydrogen-bond donors (Lipinski definition) is 1. The Labute approximate surface area is 105 Å². The molecule has 16 heavy (non-hydrogen) atoms. The Morgan fingerprint density at radius 3 is 2.44 bits per heavy atom. The van der Waals surface area contributed by atoms with Gasteiger partial charge in [0, 0.05) is 4.47 Å². The Hall–Kier alpha value is -0.600. The lowest BCUT2D eigenvalue weighted by molar-refractivity contribution is 0.0915. The second kappa shape index (κ2) is 4.72. The second-order valence-corrected chi connectivity index (χ2v) is 5.47. The van der Waals surface area contributed by atoms with Gasteiger partial charge in [0.2, 0.25) is 0 Å². The number of halogens is 1. The molecule has 0 saturated carbocycles. The van der Waals surface area contributed by atoms with Crippen LogP contribution in [0.3, 0.4) is 0 Å². The van der Waals surface area contributed by atoms with Crippen molar-refractivity contribution < 1.29 is 5.11 Å². The molecule has 1 aromatic rings. The average molecular weight is 281 g/mol. The molecule has 2 heteroatoms. The molecule has 1 aromatic carbocycles. The van der Waals surface area contributed by atoms with Gasteiger partial charge in [0.25, 0.3) is 0 Å². The van der Waals surface area contributed by atoms with E-state index in [1.165, 1.54) is 18.4 Å². The van der Waals surface area contributed by atoms with Crippen molar-refractivity contribution in [2.75, 3.05) is 0 Å². The Bertz CT molecular complexity index is 390. The van der Waals surface area contributed by atoms with Gasteiger partial charge in [-0.15, -0.1) is 0 Å². The van der Waals surface area contributed by atoms with Crippen molar-refractivity contribution in [1.29, 1.82) is 0 Å². The lowest BCUT2D eigenvalue weighted by Gasteiger charge is -2.29. The van der Waals surface area contributed by atoms with E-state index in [2.05, 4.69) is 22.0 Å². The Morgan fingerprint density at radius 1 is 1.19 bits per heavy atom. The van der Waals surface area contributed by atoms with Crippen LogP contribution >= 0.6 is 15.9 Å². The number of allylic oxidation sites excluding steroid dienone is 1. The summed E-state index contributed by atoms with van der Waals surface area (Å²) in [4.78, 5) is 0. The molecule has 0 bridgehead atoms. The molecule has 1 nitrogen and oxygen atoms in total. The van der Waals surface area contributed by atoms with Gasteiger partial charge in [-0.2, -0.15) is 0 Å². The van der Waals surface area contributed by atoms with Gasteiger partial charge in [0.15, 0.2) is 0 Å². The zero-order valence-corrected chi connectivity index (χ0v) is 11.1. The fourth-order valence-electron chi connectivity index (χ4n) is 2.24. The Balaban J connectivity index is 2.30. The summed E-state index contributed by atoms with van der Waals surface area (Å²) in [5.41, 5.74) is 1.34. The average Bonchev–Trinajstić information content (AvgIpc) is 2.31. The van der Waals surface area contributed by atoms with Crippen molar-refractivity contribution in [2.45, 2.75) is 38.2 Å². The Morgan fingerprint density at radius 2 is 1.88 bits per heavy atom. The van der Waals surface area contributed by atoms with E-state index in [0.717, 1.165) is 22.9 Å². The van der Waals surface area contributed by atoms with Gasteiger partial charge in [0.1, 0.15) is 5.60 Å². The highest BCUT2D eigenvalue weighted by atomic mass is 79.9. The molecule has 0 saturated heterocycles. The molecule has 0 fully saturated rings. The third-order valence-electron chi connectivity index (χ3n) is 3.32. The molecule has 0 spiro atoms. The first-order chi connectivity index (χ1) is 7.60. The highest BCUT2D eigenvalue weighted by Crippen LogP contribution is 2.35. The lowest BCUT2D eigenvalue weighted by atomic mass is 9.82. The largest absolute Gasteiger partial charge is 0.381 e. The molecule has 0 amide bonds. The van der Waals surface area contributed by atoms with Gasteiger partial charge >= 0.3 is 0 Å². The SMILES string of the molecule is CC(O)(C1=CCCCC1)c1ccc(Br)cc1. The zero-order chi connectivity index (χ0) is 11.6. The van der Waals surface area contributed by atoms with Gasteiger partial charge in [-0.3, -0.25) is 0 Å². The fraction of sp³-hybridized carbons (Fsp3) is 0.429. The molecule has 1 aliphatic rings. The maximum atomic E-state index is 10.6. The van der Waals surface area contributed by atoms with Crippen LogP contribution in [0.4, 0.5) is 0 Å². The molecule has 1 N–H and O–H groups in total. The van der Waals surface area contributed by atoms with Crippen LogP contribution in [0.5, 0.6) is 0 Å². The van der Waals surface area contributed by atoms with Crippen LogP contribution in [-0.2, 0) is 5.60 Å². The first-order valence-electron chi connectivity index (χ1n) is 5.78. The van der Waals surface area contributed by atoms with Crippen LogP contribution in [0.2, 0.25) is 0 Å². The normalized spacial score (nSPS) is 20.1. The van der Waals surface area contributed by atoms with Crippen molar-refractivity contribution in [2.24, 2.45) is 0 Å². The van der Waals surface area contributed by atoms with Gasteiger partial charge in [-0.25, -0.2) is 0 Å². The second-order valence-electron chi connectivity index (χ2n) is 4.55. The maximum absolute atomic E-state index is 10.6. The monoisotopic (exact) mass is 280 g/mol. The number of hydrogen-bond acceptors (Lipinski definition) is 1. The zero-order valence-electron chi connectivity index (χ0n) is 9.54. The standard InChI is InChI=1S/C14H17BrO/c1-14(16,11-5-3-2-4-6-11)12-7-9-13(15)10-8-12/h5,7-10,16H,2-4,6H2,1H3. The van der Waals surface area contributed by atoms with E-state index in [1.54, 1.807) is 0 Å². The molecule has 0 aliphatic heterocycles. The first kappa shape index (κ1) is 11.9. The molecule has 2 rings (SSSR count). The molecule has 1 unspecified atom stereocenters. The fourth-order valence-corrected chi connectivity index (χ4v) is 2.50. The van der Waals surface area contributed by atoms with Crippen molar-refractivity contribution in [1.82, 2.24) is 0 Å². The van der Waals surface area contributed by atoms with Crippen molar-refractivity contribution in [3.8, 4) is 0 Å². The van der Waals surface area contributed by atoms with Crippen molar-refractivity contribution >= 4 is 15.9 Å². The summed E-state index contributed by atoms with van der Waals surface area (Å²) < 4.78 is 1.05. The topological polar surface area (TPSA) is 20.2 Å². The summed E-state index contributed by atoms with van der Waals surface area (Å²) in [6.45, 7) is 1.90. The molecule has 0 radical (unpaired) electrons. The number of benzene rings is 1. The smallest absolute Gasteiger partial charge is 0.108 e. The van der Waals surface area contributed by atoms with Gasteiger partial charge < -0.3 is 5.11 Å². The van der Waals surface area contributed by atoms with Gasteiger partial charge in [-0.1, -0.05) is 34.1 Å². The van der Waals surface area contributed by atoms with Crippen LogP contribution < -0.4 is 0 Å². The van der Waals surface area contributed by atoms with Gasteiger partial charge in [-0.05, 0) is 55.9 Å². The molecular weight excluding hydrogens is 264 g/mol. The first-order valence-corrected chi connectivity index (χ1v) is 6.58. The maximum Gasteiger partial charge on any atom is 0.108 e. The van der Waals surface area contributed by atoms with E-state index in [9.17, 15) is 5.11 Å². The van der Waals surface area contributed by atoms with Crippen LogP contribution in [-0.4, -0.2) is 5.11 Å². The summed E-state index contributed by atoms with van der Waals surface area (Å²) in [5, 5.41) is 10.6. The minimum Gasteiger partial charge on any atom is -0.381 e. The molecule has 86 valence electrons. The molecule has 1 atom stereocenters. The molecule has 0 aromatic heterocycles. The quantitative estimate of drug-likeness (QED) is 0.807. The minimum atomic E-state index is -0.804. The number of aliphatic hydroxyl groups is 1. The van der Waals surface area contributed by atoms with E-state index in [1.807, 2.05) is 31.2 Å². The number of rotatable bonds is 2. The predicted molar refractivity (Wildman–Crippen MR) is 70.3 cm³/mol. The van der Waals surface area contributed by atoms with Gasteiger partial charge in [0.05, 0.1) is 0 Å². The summed E-state index contributed by atoms with van der Waals surface area (Å²) in [6, 6.07) is 7.93. The minimum absolute atomic E-state index is 0.804. The lowest BCUT2D eigenvalue weighted by Crippen LogP contribution is -2.25. The van der Waals surface area contributed by atoms with Crippen LogP contribution in [0, 0.1) is 0 Å². The van der Waals surface area contributed by atoms with Crippen molar-refractivity contribution in [3.63, 3.8) is 0 Å². The highest BCUT2D eigenvalue weighted by Gasteiger charge is 2.28. The van der Waals surface area contributed by atoms with Crippen molar-refractivity contribution in [3.05, 3.63) is 46.0 Å². The van der Waals surface area contributed by atoms with E-state index in [-0.39, 0.29) is 0 Å². The molecular formula is C14H17BrO.